The molecule has 4 rings (SSSR count). The molecule has 2 heterocycles. The Balaban J connectivity index is 0.000000311. The van der Waals surface area contributed by atoms with Gasteiger partial charge in [0.25, 0.3) is 17.8 Å². The zero-order chi connectivity index (χ0) is 32.7. The van der Waals surface area contributed by atoms with E-state index in [4.69, 9.17) is 10.3 Å². The Labute approximate surface area is 264 Å². The number of sulfonamides is 2. The van der Waals surface area contributed by atoms with E-state index in [0.717, 1.165) is 38.1 Å². The van der Waals surface area contributed by atoms with Crippen molar-refractivity contribution in [2.75, 3.05) is 43.4 Å². The van der Waals surface area contributed by atoms with Gasteiger partial charge in [0, 0.05) is 37.3 Å². The number of hydrogen-bond donors (Lipinski definition) is 5. The molecule has 0 atom stereocenters. The number of nitro benzene ring substituents is 2. The highest BCUT2D eigenvalue weighted by molar-refractivity contribution is 7.89. The third-order valence-electron chi connectivity index (χ3n) is 7.03. The van der Waals surface area contributed by atoms with E-state index in [1.54, 1.807) is 4.90 Å². The second-order valence-corrected chi connectivity index (χ2v) is 13.4. The molecule has 21 heteroatoms. The smallest absolute Gasteiger partial charge is 0.293 e. The number of nitro groups is 2. The van der Waals surface area contributed by atoms with Crippen LogP contribution in [0.2, 0.25) is 0 Å². The minimum Gasteiger partial charge on any atom is -0.377 e. The van der Waals surface area contributed by atoms with Crippen molar-refractivity contribution < 1.29 is 35.5 Å². The zero-order valence-corrected chi connectivity index (χ0v) is 26.3. The quantitative estimate of drug-likeness (QED) is 0.177. The Morgan fingerprint density at radius 2 is 1.22 bits per heavy atom. The molecule has 0 amide bonds. The number of alkyl halides is 2. The number of anilines is 2. The van der Waals surface area contributed by atoms with Gasteiger partial charge in [-0.25, -0.2) is 35.9 Å². The van der Waals surface area contributed by atoms with Crippen molar-refractivity contribution in [2.24, 2.45) is 10.3 Å². The number of piperidine rings is 2. The summed E-state index contributed by atoms with van der Waals surface area (Å²) in [5, 5.41) is 41.5. The monoisotopic (exact) mass is 700 g/mol. The number of benzene rings is 2. The molecular formula is C24H35ClF2N8O8S2. The Morgan fingerprint density at radius 1 is 0.822 bits per heavy atom. The lowest BCUT2D eigenvalue weighted by molar-refractivity contribution is -0.384. The van der Waals surface area contributed by atoms with Gasteiger partial charge in [0.05, 0.1) is 26.2 Å². The van der Waals surface area contributed by atoms with Gasteiger partial charge >= 0.3 is 0 Å². The first-order valence-electron chi connectivity index (χ1n) is 13.4. The van der Waals surface area contributed by atoms with Crippen molar-refractivity contribution in [1.29, 1.82) is 0 Å². The van der Waals surface area contributed by atoms with Gasteiger partial charge in [-0.1, -0.05) is 0 Å². The van der Waals surface area contributed by atoms with Gasteiger partial charge in [0.1, 0.15) is 11.4 Å². The van der Waals surface area contributed by atoms with Crippen LogP contribution >= 0.6 is 12.4 Å². The van der Waals surface area contributed by atoms with Crippen LogP contribution in [0.25, 0.3) is 0 Å². The average molecular weight is 701 g/mol. The number of nitrogens with zero attached hydrogens (tertiary/aromatic N) is 3. The molecule has 252 valence electrons. The first-order chi connectivity index (χ1) is 20.5. The first kappa shape index (κ1) is 37.9. The van der Waals surface area contributed by atoms with E-state index in [0.29, 0.717) is 31.6 Å². The van der Waals surface area contributed by atoms with Crippen LogP contribution in [0.5, 0.6) is 0 Å². The van der Waals surface area contributed by atoms with Gasteiger partial charge in [0.2, 0.25) is 20.0 Å². The summed E-state index contributed by atoms with van der Waals surface area (Å²) < 4.78 is 69.8. The molecule has 7 N–H and O–H groups in total. The summed E-state index contributed by atoms with van der Waals surface area (Å²) in [6, 6.07) is 7.06. The molecule has 0 unspecified atom stereocenters. The zero-order valence-electron chi connectivity index (χ0n) is 23.8. The van der Waals surface area contributed by atoms with E-state index >= 15 is 0 Å². The molecule has 2 saturated heterocycles. The van der Waals surface area contributed by atoms with Crippen molar-refractivity contribution in [2.45, 2.75) is 54.0 Å². The summed E-state index contributed by atoms with van der Waals surface area (Å²) in [5.41, 5.74) is -0.180. The van der Waals surface area contributed by atoms with E-state index in [-0.39, 0.29) is 52.2 Å². The molecule has 2 aromatic rings. The maximum Gasteiger partial charge on any atom is 0.293 e. The number of hydrogen-bond acceptors (Lipinski definition) is 12. The normalized spacial score (nSPS) is 16.6. The lowest BCUT2D eigenvalue weighted by Crippen LogP contribution is -2.41. The molecule has 0 saturated carbocycles. The van der Waals surface area contributed by atoms with Crippen LogP contribution in [0.1, 0.15) is 25.7 Å². The lowest BCUT2D eigenvalue weighted by Gasteiger charge is -2.32. The maximum absolute atomic E-state index is 12.3. The SMILES string of the molecule is Cl.NS(=O)(=O)c1ccc(NC2CCN(CC(F)F)CC2)c([N+](=O)[O-])c1.NS(=O)(=O)c1ccc(NC2CCNCC2)c([N+](=O)[O-])c1. The van der Waals surface area contributed by atoms with Crippen LogP contribution < -0.4 is 26.2 Å². The molecule has 0 aromatic heterocycles. The molecular weight excluding hydrogens is 666 g/mol. The fourth-order valence-corrected chi connectivity index (χ4v) is 5.85. The molecule has 2 aliphatic heterocycles. The molecule has 2 fully saturated rings. The number of nitrogens with one attached hydrogen (secondary N) is 3. The van der Waals surface area contributed by atoms with Gasteiger partial charge in [0.15, 0.2) is 0 Å². The fraction of sp³-hybridized carbons (Fsp3) is 0.500. The van der Waals surface area contributed by atoms with E-state index < -0.39 is 42.0 Å². The van der Waals surface area contributed by atoms with Gasteiger partial charge in [-0.15, -0.1) is 12.4 Å². The Kier molecular flexibility index (Phi) is 13.8. The molecule has 16 nitrogen and oxygen atoms in total. The highest BCUT2D eigenvalue weighted by Crippen LogP contribution is 2.30. The average Bonchev–Trinajstić information content (AvgIpc) is 2.94. The Bertz CT molecular complexity index is 1560. The third-order valence-corrected chi connectivity index (χ3v) is 8.85. The van der Waals surface area contributed by atoms with E-state index in [9.17, 15) is 45.8 Å². The third kappa shape index (κ3) is 11.6. The summed E-state index contributed by atoms with van der Waals surface area (Å²) in [5.74, 6) is 0. The van der Waals surface area contributed by atoms with E-state index in [2.05, 4.69) is 16.0 Å². The van der Waals surface area contributed by atoms with Gasteiger partial charge < -0.3 is 16.0 Å². The minimum absolute atomic E-state index is 0. The van der Waals surface area contributed by atoms with Crippen molar-refractivity contribution in [3.05, 3.63) is 56.6 Å². The van der Waals surface area contributed by atoms with E-state index in [1.807, 2.05) is 0 Å². The van der Waals surface area contributed by atoms with Crippen LogP contribution in [0.3, 0.4) is 0 Å². The summed E-state index contributed by atoms with van der Waals surface area (Å²) in [6.07, 6.45) is 0.436. The summed E-state index contributed by atoms with van der Waals surface area (Å²) in [4.78, 5) is 21.9. The first-order valence-corrected chi connectivity index (χ1v) is 16.5. The lowest BCUT2D eigenvalue weighted by atomic mass is 10.0. The molecule has 45 heavy (non-hydrogen) atoms. The highest BCUT2D eigenvalue weighted by atomic mass is 35.5. The van der Waals surface area contributed by atoms with E-state index in [1.165, 1.54) is 24.3 Å². The number of primary sulfonamides is 2. The number of likely N-dealkylation sites (tertiary alicyclic amines) is 1. The number of nitrogens with two attached hydrogens (primary N) is 2. The second kappa shape index (κ2) is 16.3. The van der Waals surface area contributed by atoms with Gasteiger partial charge in [-0.2, -0.15) is 0 Å². The summed E-state index contributed by atoms with van der Waals surface area (Å²) in [7, 11) is -7.99. The molecule has 0 spiro atoms. The van der Waals surface area contributed by atoms with Gasteiger partial charge in [-0.05, 0) is 63.0 Å². The Morgan fingerprint density at radius 3 is 1.58 bits per heavy atom. The predicted molar refractivity (Wildman–Crippen MR) is 165 cm³/mol. The summed E-state index contributed by atoms with van der Waals surface area (Å²) >= 11 is 0. The van der Waals surface area contributed by atoms with Crippen molar-refractivity contribution in [1.82, 2.24) is 10.2 Å². The topological polar surface area (TPSA) is 246 Å². The number of rotatable bonds is 10. The van der Waals surface area contributed by atoms with Crippen molar-refractivity contribution >= 4 is 55.2 Å². The molecule has 0 bridgehead atoms. The molecule has 2 aliphatic rings. The largest absolute Gasteiger partial charge is 0.377 e. The van der Waals surface area contributed by atoms with Crippen molar-refractivity contribution in [3.63, 3.8) is 0 Å². The van der Waals surface area contributed by atoms with Gasteiger partial charge in [-0.3, -0.25) is 25.1 Å². The second-order valence-electron chi connectivity index (χ2n) is 10.2. The van der Waals surface area contributed by atoms with Crippen LogP contribution in [0, 0.1) is 20.2 Å². The van der Waals surface area contributed by atoms with Crippen molar-refractivity contribution in [3.8, 4) is 0 Å². The minimum atomic E-state index is -4.04. The maximum atomic E-state index is 12.3. The molecule has 2 aromatic carbocycles. The molecule has 0 radical (unpaired) electrons. The van der Waals surface area contributed by atoms with Crippen LogP contribution in [-0.2, 0) is 20.0 Å². The highest BCUT2D eigenvalue weighted by Gasteiger charge is 2.25. The predicted octanol–water partition coefficient (Wildman–Crippen LogP) is 2.21. The van der Waals surface area contributed by atoms with Crippen LogP contribution in [0.4, 0.5) is 31.5 Å². The fourth-order valence-electron chi connectivity index (χ4n) is 4.78. The van der Waals surface area contributed by atoms with Crippen LogP contribution in [0.15, 0.2) is 46.2 Å². The van der Waals surface area contributed by atoms with Crippen LogP contribution in [-0.4, -0.2) is 82.8 Å². The Hall–Kier alpha value is -3.27. The molecule has 0 aliphatic carbocycles. The standard InChI is InChI=1S/C13H18F2N4O4S.C11H16N4O4S.ClH/c14-13(15)8-18-5-3-9(4-6-18)17-11-2-1-10(24(16,22)23)7-12(11)19(20)21;12-20(18,19)9-1-2-10(11(7-9)15(16)17)14-8-3-5-13-6-4-8;/h1-2,7,9,13,17H,3-6,8H2,(H2,16,22,23);1-2,7-8,13-14H,3-6H2,(H2,12,18,19);1H. The number of halogens is 3. The summed E-state index contributed by atoms with van der Waals surface area (Å²) in [6.45, 7) is 2.34.